The van der Waals surface area contributed by atoms with Crippen molar-refractivity contribution >= 4 is 5.91 Å². The van der Waals surface area contributed by atoms with Gasteiger partial charge in [-0.2, -0.15) is 0 Å². The molecule has 0 heterocycles. The molecule has 0 bridgehead atoms. The molecule has 1 aromatic rings. The Morgan fingerprint density at radius 3 is 2.40 bits per heavy atom. The first-order valence-electron chi connectivity index (χ1n) is 5.41. The minimum atomic E-state index is 0.180. The molecule has 1 N–H and O–H groups in total. The van der Waals surface area contributed by atoms with Gasteiger partial charge in [-0.3, -0.25) is 4.79 Å². The summed E-state index contributed by atoms with van der Waals surface area (Å²) in [5.74, 6) is 0.832. The quantitative estimate of drug-likeness (QED) is 0.784. The molecule has 0 radical (unpaired) electrons. The lowest BCUT2D eigenvalue weighted by Crippen LogP contribution is -2.20. The molecule has 1 aliphatic rings. The minimum absolute atomic E-state index is 0.180. The van der Waals surface area contributed by atoms with E-state index in [4.69, 9.17) is 0 Å². The number of nitrogens with one attached hydrogen (secondary N) is 1. The van der Waals surface area contributed by atoms with Gasteiger partial charge in [0.15, 0.2) is 0 Å². The van der Waals surface area contributed by atoms with Crippen LogP contribution in [0.5, 0.6) is 0 Å². The van der Waals surface area contributed by atoms with Gasteiger partial charge in [0, 0.05) is 13.0 Å². The van der Waals surface area contributed by atoms with Crippen molar-refractivity contribution in [1.29, 1.82) is 0 Å². The molecule has 0 aliphatic heterocycles. The van der Waals surface area contributed by atoms with E-state index in [0.29, 0.717) is 5.92 Å². The lowest BCUT2D eigenvalue weighted by atomic mass is 10.0. The van der Waals surface area contributed by atoms with Crippen molar-refractivity contribution < 1.29 is 4.79 Å². The Labute approximate surface area is 90.7 Å². The van der Waals surface area contributed by atoms with Crippen LogP contribution in [-0.2, 0) is 4.79 Å². The molecule has 2 atom stereocenters. The zero-order valence-corrected chi connectivity index (χ0v) is 9.50. The Kier molecular flexibility index (Phi) is 2.51. The molecule has 1 saturated carbocycles. The summed E-state index contributed by atoms with van der Waals surface area (Å²) >= 11 is 0. The summed E-state index contributed by atoms with van der Waals surface area (Å²) < 4.78 is 0. The number of aryl methyl sites for hydroxylation is 2. The van der Waals surface area contributed by atoms with Crippen molar-refractivity contribution in [2.75, 3.05) is 7.05 Å². The predicted octanol–water partition coefficient (Wildman–Crippen LogP) is 2.15. The number of hydrogen-bond donors (Lipinski definition) is 1. The van der Waals surface area contributed by atoms with Crippen LogP contribution in [0.15, 0.2) is 18.2 Å². The van der Waals surface area contributed by atoms with Gasteiger partial charge in [-0.15, -0.1) is 0 Å². The Hall–Kier alpha value is -1.31. The second kappa shape index (κ2) is 3.69. The van der Waals surface area contributed by atoms with Crippen LogP contribution in [0.1, 0.15) is 29.0 Å². The van der Waals surface area contributed by atoms with Crippen LogP contribution < -0.4 is 5.32 Å². The van der Waals surface area contributed by atoms with Crippen LogP contribution in [0.4, 0.5) is 0 Å². The standard InChI is InChI=1S/C13H17NO/c1-8-4-9(2)6-10(5-8)11-7-12(11)13(15)14-3/h4-6,11-12H,7H2,1-3H3,(H,14,15). The number of carbonyl (C=O) groups excluding carboxylic acids is 1. The van der Waals surface area contributed by atoms with Gasteiger partial charge in [0.1, 0.15) is 0 Å². The number of carbonyl (C=O) groups is 1. The highest BCUT2D eigenvalue weighted by Gasteiger charge is 2.43. The fourth-order valence-corrected chi connectivity index (χ4v) is 2.26. The molecule has 15 heavy (non-hydrogen) atoms. The summed E-state index contributed by atoms with van der Waals surface area (Å²) in [6, 6.07) is 6.56. The molecule has 0 saturated heterocycles. The van der Waals surface area contributed by atoms with E-state index in [9.17, 15) is 4.79 Å². The van der Waals surface area contributed by atoms with Crippen LogP contribution in [0.2, 0.25) is 0 Å². The Bertz CT molecular complexity index is 377. The van der Waals surface area contributed by atoms with E-state index < -0.39 is 0 Å². The maximum Gasteiger partial charge on any atom is 0.223 e. The highest BCUT2D eigenvalue weighted by molar-refractivity contribution is 5.82. The summed E-state index contributed by atoms with van der Waals surface area (Å²) in [5.41, 5.74) is 3.89. The number of amides is 1. The molecule has 2 nitrogen and oxygen atoms in total. The average molecular weight is 203 g/mol. The van der Waals surface area contributed by atoms with E-state index in [1.807, 2.05) is 0 Å². The molecule has 0 spiro atoms. The van der Waals surface area contributed by atoms with Crippen LogP contribution in [0.3, 0.4) is 0 Å². The fraction of sp³-hybridized carbons (Fsp3) is 0.462. The molecule has 0 aromatic heterocycles. The third-order valence-electron chi connectivity index (χ3n) is 3.05. The van der Waals surface area contributed by atoms with Gasteiger partial charge < -0.3 is 5.32 Å². The monoisotopic (exact) mass is 203 g/mol. The van der Waals surface area contributed by atoms with Crippen molar-refractivity contribution in [3.05, 3.63) is 34.9 Å². The first-order valence-corrected chi connectivity index (χ1v) is 5.41. The molecular weight excluding hydrogens is 186 g/mol. The molecule has 1 aromatic carbocycles. The van der Waals surface area contributed by atoms with Crippen molar-refractivity contribution in [1.82, 2.24) is 5.32 Å². The normalized spacial score (nSPS) is 23.7. The van der Waals surface area contributed by atoms with Crippen molar-refractivity contribution in [2.24, 2.45) is 5.92 Å². The molecule has 2 rings (SSSR count). The van der Waals surface area contributed by atoms with Crippen LogP contribution in [0.25, 0.3) is 0 Å². The number of hydrogen-bond acceptors (Lipinski definition) is 1. The maximum absolute atomic E-state index is 11.4. The van der Waals surface area contributed by atoms with Gasteiger partial charge in [-0.1, -0.05) is 29.3 Å². The first-order chi connectivity index (χ1) is 7.11. The molecule has 2 unspecified atom stereocenters. The van der Waals surface area contributed by atoms with Crippen LogP contribution >= 0.6 is 0 Å². The topological polar surface area (TPSA) is 29.1 Å². The van der Waals surface area contributed by atoms with Gasteiger partial charge in [-0.05, 0) is 31.7 Å². The summed E-state index contributed by atoms with van der Waals surface area (Å²) in [6.07, 6.45) is 1.00. The van der Waals surface area contributed by atoms with E-state index >= 15 is 0 Å². The second-order valence-corrected chi connectivity index (χ2v) is 4.48. The summed E-state index contributed by atoms with van der Waals surface area (Å²) in [7, 11) is 1.71. The van der Waals surface area contributed by atoms with Crippen LogP contribution in [-0.4, -0.2) is 13.0 Å². The van der Waals surface area contributed by atoms with Gasteiger partial charge in [-0.25, -0.2) is 0 Å². The summed E-state index contributed by atoms with van der Waals surface area (Å²) in [6.45, 7) is 4.21. The lowest BCUT2D eigenvalue weighted by Gasteiger charge is -2.04. The summed E-state index contributed by atoms with van der Waals surface area (Å²) in [5, 5.41) is 2.72. The van der Waals surface area contributed by atoms with E-state index in [2.05, 4.69) is 37.4 Å². The van der Waals surface area contributed by atoms with Crippen molar-refractivity contribution in [3.63, 3.8) is 0 Å². The SMILES string of the molecule is CNC(=O)C1CC1c1cc(C)cc(C)c1. The Morgan fingerprint density at radius 2 is 1.87 bits per heavy atom. The highest BCUT2D eigenvalue weighted by atomic mass is 16.1. The lowest BCUT2D eigenvalue weighted by molar-refractivity contribution is -0.121. The zero-order valence-electron chi connectivity index (χ0n) is 9.50. The maximum atomic E-state index is 11.4. The van der Waals surface area contributed by atoms with E-state index in [1.54, 1.807) is 7.05 Å². The highest BCUT2D eigenvalue weighted by Crippen LogP contribution is 2.47. The Morgan fingerprint density at radius 1 is 1.27 bits per heavy atom. The predicted molar refractivity (Wildman–Crippen MR) is 60.8 cm³/mol. The van der Waals surface area contributed by atoms with Gasteiger partial charge >= 0.3 is 0 Å². The van der Waals surface area contributed by atoms with E-state index in [0.717, 1.165) is 6.42 Å². The van der Waals surface area contributed by atoms with Gasteiger partial charge in [0.25, 0.3) is 0 Å². The van der Waals surface area contributed by atoms with Gasteiger partial charge in [0.05, 0.1) is 0 Å². The second-order valence-electron chi connectivity index (χ2n) is 4.48. The molecule has 1 fully saturated rings. The molecule has 1 amide bonds. The molecule has 80 valence electrons. The van der Waals surface area contributed by atoms with E-state index in [1.165, 1.54) is 16.7 Å². The van der Waals surface area contributed by atoms with Crippen LogP contribution in [0, 0.1) is 19.8 Å². The first kappa shape index (κ1) is 10.2. The summed E-state index contributed by atoms with van der Waals surface area (Å²) in [4.78, 5) is 11.4. The fourth-order valence-electron chi connectivity index (χ4n) is 2.26. The zero-order chi connectivity index (χ0) is 11.0. The third-order valence-corrected chi connectivity index (χ3v) is 3.05. The third kappa shape index (κ3) is 2.04. The minimum Gasteiger partial charge on any atom is -0.359 e. The molecule has 1 aliphatic carbocycles. The number of benzene rings is 1. The molecule has 2 heteroatoms. The van der Waals surface area contributed by atoms with E-state index in [-0.39, 0.29) is 11.8 Å². The average Bonchev–Trinajstić information content (AvgIpc) is 2.94. The number of rotatable bonds is 2. The van der Waals surface area contributed by atoms with Crippen molar-refractivity contribution in [2.45, 2.75) is 26.2 Å². The van der Waals surface area contributed by atoms with Crippen molar-refractivity contribution in [3.8, 4) is 0 Å². The smallest absolute Gasteiger partial charge is 0.223 e. The largest absolute Gasteiger partial charge is 0.359 e. The molecular formula is C13H17NO. The Balaban J connectivity index is 2.16. The van der Waals surface area contributed by atoms with Gasteiger partial charge in [0.2, 0.25) is 5.91 Å².